The second kappa shape index (κ2) is 4.76. The lowest BCUT2D eigenvalue weighted by Crippen LogP contribution is -2.15. The van der Waals surface area contributed by atoms with Crippen LogP contribution in [0, 0.1) is 0 Å². The first-order chi connectivity index (χ1) is 9.28. The summed E-state index contributed by atoms with van der Waals surface area (Å²) in [5.41, 5.74) is 3.62. The van der Waals surface area contributed by atoms with E-state index < -0.39 is 0 Å². The standard InChI is InChI=1S/C14H17N5/c1-3-18(2)14-7-16-13-5-4-11(6-12(13)14)8-19-10-15-9-17-19/h4-7,9-10,16H,3,8H2,1-2H3. The Morgan fingerprint density at radius 3 is 3.00 bits per heavy atom. The van der Waals surface area contributed by atoms with Gasteiger partial charge in [0, 0.05) is 30.7 Å². The van der Waals surface area contributed by atoms with E-state index in [4.69, 9.17) is 0 Å². The molecule has 98 valence electrons. The molecule has 0 unspecified atom stereocenters. The summed E-state index contributed by atoms with van der Waals surface area (Å²) >= 11 is 0. The summed E-state index contributed by atoms with van der Waals surface area (Å²) in [4.78, 5) is 9.51. The maximum atomic E-state index is 4.14. The lowest BCUT2D eigenvalue weighted by atomic mass is 10.1. The number of H-pyrrole nitrogens is 1. The summed E-state index contributed by atoms with van der Waals surface area (Å²) in [7, 11) is 2.10. The third-order valence-corrected chi connectivity index (χ3v) is 3.42. The molecule has 0 saturated carbocycles. The second-order valence-electron chi connectivity index (χ2n) is 4.66. The molecule has 19 heavy (non-hydrogen) atoms. The van der Waals surface area contributed by atoms with Gasteiger partial charge in [0.15, 0.2) is 0 Å². The van der Waals surface area contributed by atoms with Crippen LogP contribution in [0.5, 0.6) is 0 Å². The molecule has 3 rings (SSSR count). The Kier molecular flexibility index (Phi) is 2.95. The van der Waals surface area contributed by atoms with Crippen LogP contribution in [0.2, 0.25) is 0 Å². The summed E-state index contributed by atoms with van der Waals surface area (Å²) in [6.45, 7) is 3.88. The Bertz CT molecular complexity index is 668. The molecule has 0 amide bonds. The largest absolute Gasteiger partial charge is 0.373 e. The molecule has 3 aromatic rings. The van der Waals surface area contributed by atoms with E-state index >= 15 is 0 Å². The summed E-state index contributed by atoms with van der Waals surface area (Å²) in [5.74, 6) is 0. The Hall–Kier alpha value is -2.30. The zero-order chi connectivity index (χ0) is 13.2. The van der Waals surface area contributed by atoms with Gasteiger partial charge in [-0.15, -0.1) is 0 Å². The number of nitrogens with zero attached hydrogens (tertiary/aromatic N) is 4. The predicted octanol–water partition coefficient (Wildman–Crippen LogP) is 2.26. The number of hydrogen-bond acceptors (Lipinski definition) is 3. The molecule has 0 aliphatic carbocycles. The Balaban J connectivity index is 1.99. The van der Waals surface area contributed by atoms with Crippen molar-refractivity contribution in [3.8, 4) is 0 Å². The van der Waals surface area contributed by atoms with E-state index in [2.05, 4.69) is 58.3 Å². The minimum atomic E-state index is 0.746. The summed E-state index contributed by atoms with van der Waals surface area (Å²) in [6.07, 6.45) is 5.36. The first kappa shape index (κ1) is 11.8. The third kappa shape index (κ3) is 2.19. The van der Waals surface area contributed by atoms with Gasteiger partial charge in [0.25, 0.3) is 0 Å². The van der Waals surface area contributed by atoms with Gasteiger partial charge >= 0.3 is 0 Å². The molecule has 0 spiro atoms. The highest BCUT2D eigenvalue weighted by atomic mass is 15.3. The summed E-state index contributed by atoms with van der Waals surface area (Å²) in [6, 6.07) is 6.46. The average molecular weight is 255 g/mol. The zero-order valence-corrected chi connectivity index (χ0v) is 11.2. The van der Waals surface area contributed by atoms with Crippen molar-refractivity contribution in [2.24, 2.45) is 0 Å². The fourth-order valence-electron chi connectivity index (χ4n) is 2.24. The van der Waals surface area contributed by atoms with E-state index in [1.54, 1.807) is 12.7 Å². The van der Waals surface area contributed by atoms with Crippen molar-refractivity contribution < 1.29 is 0 Å². The third-order valence-electron chi connectivity index (χ3n) is 3.42. The van der Waals surface area contributed by atoms with Gasteiger partial charge in [0.05, 0.1) is 12.2 Å². The van der Waals surface area contributed by atoms with Crippen LogP contribution in [0.15, 0.2) is 37.1 Å². The number of aromatic amines is 1. The number of rotatable bonds is 4. The van der Waals surface area contributed by atoms with Crippen molar-refractivity contribution in [1.29, 1.82) is 0 Å². The van der Waals surface area contributed by atoms with Crippen molar-refractivity contribution in [2.75, 3.05) is 18.5 Å². The van der Waals surface area contributed by atoms with Crippen LogP contribution in [0.4, 0.5) is 5.69 Å². The zero-order valence-electron chi connectivity index (χ0n) is 11.2. The molecule has 0 radical (unpaired) electrons. The lowest BCUT2D eigenvalue weighted by molar-refractivity contribution is 0.685. The number of aromatic nitrogens is 4. The molecule has 0 aliphatic heterocycles. The Labute approximate surface area is 111 Å². The van der Waals surface area contributed by atoms with Crippen LogP contribution in [0.1, 0.15) is 12.5 Å². The van der Waals surface area contributed by atoms with Gasteiger partial charge in [-0.3, -0.25) is 0 Å². The van der Waals surface area contributed by atoms with E-state index in [-0.39, 0.29) is 0 Å². The maximum Gasteiger partial charge on any atom is 0.137 e. The molecule has 0 aliphatic rings. The lowest BCUT2D eigenvalue weighted by Gasteiger charge is -2.15. The Morgan fingerprint density at radius 1 is 1.37 bits per heavy atom. The molecule has 2 aromatic heterocycles. The summed E-state index contributed by atoms with van der Waals surface area (Å²) < 4.78 is 1.83. The van der Waals surface area contributed by atoms with E-state index in [0.29, 0.717) is 0 Å². The molecule has 0 bridgehead atoms. The van der Waals surface area contributed by atoms with Gasteiger partial charge in [-0.25, -0.2) is 9.67 Å². The molecule has 0 saturated heterocycles. The number of hydrogen-bond donors (Lipinski definition) is 1. The normalized spacial score (nSPS) is 11.1. The molecular formula is C14H17N5. The number of nitrogens with one attached hydrogen (secondary N) is 1. The van der Waals surface area contributed by atoms with E-state index in [1.165, 1.54) is 16.6 Å². The topological polar surface area (TPSA) is 49.7 Å². The van der Waals surface area contributed by atoms with E-state index in [9.17, 15) is 0 Å². The van der Waals surface area contributed by atoms with Crippen LogP contribution in [-0.2, 0) is 6.54 Å². The molecule has 0 fully saturated rings. The average Bonchev–Trinajstić information content (AvgIpc) is 3.06. The fourth-order valence-corrected chi connectivity index (χ4v) is 2.24. The predicted molar refractivity (Wildman–Crippen MR) is 76.4 cm³/mol. The van der Waals surface area contributed by atoms with E-state index in [1.807, 2.05) is 4.68 Å². The molecule has 1 N–H and O–H groups in total. The van der Waals surface area contributed by atoms with Crippen LogP contribution in [-0.4, -0.2) is 33.3 Å². The fraction of sp³-hybridized carbons (Fsp3) is 0.286. The van der Waals surface area contributed by atoms with Gasteiger partial charge in [-0.05, 0) is 24.6 Å². The molecule has 1 aromatic carbocycles. The molecule has 0 atom stereocenters. The minimum absolute atomic E-state index is 0.746. The van der Waals surface area contributed by atoms with Gasteiger partial charge in [0.2, 0.25) is 0 Å². The highest BCUT2D eigenvalue weighted by Crippen LogP contribution is 2.27. The molecule has 5 heteroatoms. The van der Waals surface area contributed by atoms with Crippen molar-refractivity contribution in [3.05, 3.63) is 42.6 Å². The van der Waals surface area contributed by atoms with Crippen LogP contribution >= 0.6 is 0 Å². The summed E-state index contributed by atoms with van der Waals surface area (Å²) in [5, 5.41) is 5.39. The molecular weight excluding hydrogens is 238 g/mol. The van der Waals surface area contributed by atoms with Crippen molar-refractivity contribution in [2.45, 2.75) is 13.5 Å². The number of anilines is 1. The maximum absolute atomic E-state index is 4.14. The van der Waals surface area contributed by atoms with Crippen LogP contribution in [0.25, 0.3) is 10.9 Å². The van der Waals surface area contributed by atoms with Gasteiger partial charge in [0.1, 0.15) is 12.7 Å². The van der Waals surface area contributed by atoms with Crippen molar-refractivity contribution >= 4 is 16.6 Å². The van der Waals surface area contributed by atoms with Crippen LogP contribution < -0.4 is 4.90 Å². The van der Waals surface area contributed by atoms with Gasteiger partial charge in [-0.2, -0.15) is 5.10 Å². The van der Waals surface area contributed by atoms with E-state index in [0.717, 1.165) is 18.6 Å². The number of benzene rings is 1. The first-order valence-corrected chi connectivity index (χ1v) is 6.41. The first-order valence-electron chi connectivity index (χ1n) is 6.41. The van der Waals surface area contributed by atoms with Crippen LogP contribution in [0.3, 0.4) is 0 Å². The quantitative estimate of drug-likeness (QED) is 0.778. The van der Waals surface area contributed by atoms with Gasteiger partial charge in [-0.1, -0.05) is 6.07 Å². The highest BCUT2D eigenvalue weighted by molar-refractivity contribution is 5.93. The molecule has 2 heterocycles. The van der Waals surface area contributed by atoms with Crippen molar-refractivity contribution in [1.82, 2.24) is 19.7 Å². The molecule has 5 nitrogen and oxygen atoms in total. The smallest absolute Gasteiger partial charge is 0.137 e. The highest BCUT2D eigenvalue weighted by Gasteiger charge is 2.08. The van der Waals surface area contributed by atoms with Crippen molar-refractivity contribution in [3.63, 3.8) is 0 Å². The second-order valence-corrected chi connectivity index (χ2v) is 4.66. The number of fused-ring (bicyclic) bond motifs is 1. The SMILES string of the molecule is CCN(C)c1c[nH]c2ccc(Cn3cncn3)cc12. The minimum Gasteiger partial charge on any atom is -0.373 e. The van der Waals surface area contributed by atoms with Gasteiger partial charge < -0.3 is 9.88 Å². The monoisotopic (exact) mass is 255 g/mol. The Morgan fingerprint density at radius 2 is 2.26 bits per heavy atom.